The van der Waals surface area contributed by atoms with Crippen LogP contribution in [0.5, 0.6) is 5.75 Å². The van der Waals surface area contributed by atoms with Gasteiger partial charge in [0.1, 0.15) is 24.8 Å². The lowest BCUT2D eigenvalue weighted by Gasteiger charge is -2.14. The summed E-state index contributed by atoms with van der Waals surface area (Å²) in [5.41, 5.74) is -0.276. The maximum Gasteiger partial charge on any atom is 0.398 e. The molecule has 0 saturated heterocycles. The lowest BCUT2D eigenvalue weighted by molar-refractivity contribution is -0.115. The van der Waals surface area contributed by atoms with Crippen LogP contribution < -0.4 is 15.6 Å². The Morgan fingerprint density at radius 1 is 1.22 bits per heavy atom. The van der Waals surface area contributed by atoms with E-state index >= 15 is 0 Å². The molecule has 2 aromatic rings. The van der Waals surface area contributed by atoms with Crippen LogP contribution in [0.3, 0.4) is 0 Å². The first-order valence-corrected chi connectivity index (χ1v) is 8.71. The van der Waals surface area contributed by atoms with Gasteiger partial charge in [-0.25, -0.2) is 9.37 Å². The van der Waals surface area contributed by atoms with Gasteiger partial charge in [-0.3, -0.25) is 14.2 Å². The van der Waals surface area contributed by atoms with Crippen molar-refractivity contribution in [3.05, 3.63) is 40.2 Å². The van der Waals surface area contributed by atoms with Crippen LogP contribution in [0.15, 0.2) is 34.2 Å². The second-order valence-electron chi connectivity index (χ2n) is 5.52. The van der Waals surface area contributed by atoms with Crippen LogP contribution in [0.1, 0.15) is 5.56 Å². The summed E-state index contributed by atoms with van der Waals surface area (Å²) in [7, 11) is 0. The molecule has 3 rings (SSSR count). The molecule has 1 aromatic carbocycles. The van der Waals surface area contributed by atoms with Crippen molar-refractivity contribution in [2.24, 2.45) is 0 Å². The fourth-order valence-corrected chi connectivity index (χ4v) is 3.22. The number of fused-ring (bicyclic) bond motifs is 1. The molecule has 0 spiro atoms. The number of carbonyl (C=O) groups is 1. The van der Waals surface area contributed by atoms with Crippen molar-refractivity contribution in [3.63, 3.8) is 0 Å². The van der Waals surface area contributed by atoms with Gasteiger partial charge in [-0.05, 0) is 24.3 Å². The van der Waals surface area contributed by atoms with Gasteiger partial charge in [-0.15, -0.1) is 0 Å². The molecule has 1 N–H and O–H groups in total. The Kier molecular flexibility index (Phi) is 5.40. The van der Waals surface area contributed by atoms with Crippen LogP contribution in [0.25, 0.3) is 5.69 Å². The zero-order valence-corrected chi connectivity index (χ0v) is 14.5. The molecule has 144 valence electrons. The SMILES string of the molecule is O=C1Cc2c(nc(SCC(F)(F)F)n(-c3ccc(OCCF)cc3)c2=O)N1. The number of carbonyl (C=O) groups excluding carboxylic acids is 1. The van der Waals surface area contributed by atoms with Crippen molar-refractivity contribution >= 4 is 23.5 Å². The van der Waals surface area contributed by atoms with Crippen molar-refractivity contribution < 1.29 is 27.1 Å². The number of alkyl halides is 4. The van der Waals surface area contributed by atoms with Gasteiger partial charge in [-0.2, -0.15) is 13.2 Å². The molecule has 6 nitrogen and oxygen atoms in total. The molecule has 0 bridgehead atoms. The Hall–Kier alpha value is -2.56. The van der Waals surface area contributed by atoms with Crippen molar-refractivity contribution in [2.75, 3.05) is 24.4 Å². The predicted octanol–water partition coefficient (Wildman–Crippen LogP) is 2.73. The second kappa shape index (κ2) is 7.59. The number of nitrogens with zero attached hydrogens (tertiary/aromatic N) is 2. The lowest BCUT2D eigenvalue weighted by atomic mass is 10.2. The first-order chi connectivity index (χ1) is 12.8. The number of anilines is 1. The minimum Gasteiger partial charge on any atom is -0.491 e. The smallest absolute Gasteiger partial charge is 0.398 e. The number of aromatic nitrogens is 2. The third kappa shape index (κ3) is 4.41. The highest BCUT2D eigenvalue weighted by Gasteiger charge is 2.31. The summed E-state index contributed by atoms with van der Waals surface area (Å²) in [5, 5.41) is 2.17. The van der Waals surface area contributed by atoms with Gasteiger partial charge in [0.05, 0.1) is 23.4 Å². The Morgan fingerprint density at radius 2 is 1.93 bits per heavy atom. The van der Waals surface area contributed by atoms with E-state index in [1.54, 1.807) is 0 Å². The van der Waals surface area contributed by atoms with Crippen LogP contribution in [-0.4, -0.2) is 40.7 Å². The number of amides is 1. The summed E-state index contributed by atoms with van der Waals surface area (Å²) in [5.74, 6) is -1.37. The normalized spacial score (nSPS) is 13.4. The quantitative estimate of drug-likeness (QED) is 0.456. The summed E-state index contributed by atoms with van der Waals surface area (Å²) < 4.78 is 56.2. The molecule has 2 heterocycles. The van der Waals surface area contributed by atoms with Gasteiger partial charge >= 0.3 is 6.18 Å². The molecule has 1 aromatic heterocycles. The van der Waals surface area contributed by atoms with Gasteiger partial charge in [0.25, 0.3) is 5.56 Å². The van der Waals surface area contributed by atoms with E-state index in [2.05, 4.69) is 10.3 Å². The number of halogens is 4. The van der Waals surface area contributed by atoms with Crippen molar-refractivity contribution in [1.82, 2.24) is 9.55 Å². The fraction of sp³-hybridized carbons (Fsp3) is 0.312. The number of hydrogen-bond acceptors (Lipinski definition) is 5. The van der Waals surface area contributed by atoms with E-state index in [0.717, 1.165) is 4.57 Å². The van der Waals surface area contributed by atoms with E-state index in [1.807, 2.05) is 0 Å². The van der Waals surface area contributed by atoms with Crippen LogP contribution in [0.4, 0.5) is 23.4 Å². The highest BCUT2D eigenvalue weighted by Crippen LogP contribution is 2.30. The summed E-state index contributed by atoms with van der Waals surface area (Å²) in [6.45, 7) is -0.810. The van der Waals surface area contributed by atoms with Crippen LogP contribution in [0.2, 0.25) is 0 Å². The molecule has 0 atom stereocenters. The Bertz CT molecular complexity index is 913. The zero-order valence-electron chi connectivity index (χ0n) is 13.7. The average Bonchev–Trinajstić information content (AvgIpc) is 2.99. The Balaban J connectivity index is 2.03. The molecule has 0 saturated carbocycles. The molecular weight excluding hydrogens is 390 g/mol. The van der Waals surface area contributed by atoms with Crippen LogP contribution in [0, 0.1) is 0 Å². The first kappa shape index (κ1) is 19.2. The lowest BCUT2D eigenvalue weighted by Crippen LogP contribution is -2.25. The van der Waals surface area contributed by atoms with Gasteiger partial charge in [0, 0.05) is 0 Å². The topological polar surface area (TPSA) is 73.2 Å². The number of ether oxygens (including phenoxy) is 1. The molecular formula is C16H13F4N3O3S. The predicted molar refractivity (Wildman–Crippen MR) is 90.4 cm³/mol. The van der Waals surface area contributed by atoms with Gasteiger partial charge in [0.2, 0.25) is 5.91 Å². The number of hydrogen-bond donors (Lipinski definition) is 1. The standard InChI is InChI=1S/C16H13F4N3O3S/c17-5-6-26-10-3-1-9(2-4-10)23-14(25)11-7-12(24)21-13(11)22-15(23)27-8-16(18,19)20/h1-4H,5-8H2,(H,21,24). The molecule has 1 amide bonds. The number of rotatable bonds is 6. The van der Waals surface area contributed by atoms with E-state index in [0.29, 0.717) is 17.5 Å². The minimum absolute atomic E-state index is 0.0196. The molecule has 11 heteroatoms. The van der Waals surface area contributed by atoms with Crippen LogP contribution >= 0.6 is 11.8 Å². The van der Waals surface area contributed by atoms with Gasteiger partial charge in [0.15, 0.2) is 5.16 Å². The second-order valence-corrected chi connectivity index (χ2v) is 6.46. The highest BCUT2D eigenvalue weighted by atomic mass is 32.2. The summed E-state index contributed by atoms with van der Waals surface area (Å²) in [6, 6.07) is 5.83. The molecule has 0 radical (unpaired) electrons. The monoisotopic (exact) mass is 403 g/mol. The third-order valence-corrected chi connectivity index (χ3v) is 4.55. The molecule has 27 heavy (non-hydrogen) atoms. The number of thioether (sulfide) groups is 1. The molecule has 1 aliphatic heterocycles. The molecule has 0 aliphatic carbocycles. The number of nitrogens with one attached hydrogen (secondary N) is 1. The summed E-state index contributed by atoms with van der Waals surface area (Å²) in [4.78, 5) is 28.3. The highest BCUT2D eigenvalue weighted by molar-refractivity contribution is 7.99. The Morgan fingerprint density at radius 3 is 2.56 bits per heavy atom. The summed E-state index contributed by atoms with van der Waals surface area (Å²) in [6.07, 6.45) is -4.65. The van der Waals surface area contributed by atoms with Gasteiger partial charge < -0.3 is 10.1 Å². The van der Waals surface area contributed by atoms with Crippen molar-refractivity contribution in [3.8, 4) is 11.4 Å². The Labute approximate surface area is 154 Å². The molecule has 0 fully saturated rings. The van der Waals surface area contributed by atoms with E-state index in [4.69, 9.17) is 4.74 Å². The average molecular weight is 403 g/mol. The van der Waals surface area contributed by atoms with E-state index in [9.17, 15) is 27.2 Å². The fourth-order valence-electron chi connectivity index (χ4n) is 2.45. The van der Waals surface area contributed by atoms with E-state index in [-0.39, 0.29) is 35.3 Å². The largest absolute Gasteiger partial charge is 0.491 e. The maximum absolute atomic E-state index is 12.8. The third-order valence-electron chi connectivity index (χ3n) is 3.55. The molecule has 0 unspecified atom stereocenters. The zero-order chi connectivity index (χ0) is 19.6. The first-order valence-electron chi connectivity index (χ1n) is 7.73. The van der Waals surface area contributed by atoms with E-state index in [1.165, 1.54) is 24.3 Å². The van der Waals surface area contributed by atoms with Crippen molar-refractivity contribution in [2.45, 2.75) is 17.8 Å². The number of benzene rings is 1. The minimum atomic E-state index is -4.46. The van der Waals surface area contributed by atoms with Gasteiger partial charge in [-0.1, -0.05) is 11.8 Å². The van der Waals surface area contributed by atoms with Crippen LogP contribution in [-0.2, 0) is 11.2 Å². The maximum atomic E-state index is 12.8. The molecule has 1 aliphatic rings. The van der Waals surface area contributed by atoms with Crippen molar-refractivity contribution in [1.29, 1.82) is 0 Å². The van der Waals surface area contributed by atoms with E-state index < -0.39 is 30.1 Å². The summed E-state index contributed by atoms with van der Waals surface area (Å²) >= 11 is 0.343.